The van der Waals surface area contributed by atoms with Gasteiger partial charge in [-0.05, 0) is 31.2 Å². The van der Waals surface area contributed by atoms with E-state index in [0.29, 0.717) is 18.7 Å². The lowest BCUT2D eigenvalue weighted by atomic mass is 10.1. The normalized spacial score (nSPS) is 12.5. The van der Waals surface area contributed by atoms with Gasteiger partial charge < -0.3 is 15.0 Å². The second-order valence-electron chi connectivity index (χ2n) is 4.60. The van der Waals surface area contributed by atoms with Crippen LogP contribution in [0.5, 0.6) is 0 Å². The molecule has 1 atom stereocenters. The summed E-state index contributed by atoms with van der Waals surface area (Å²) < 4.78 is 33.1. The average molecular weight is 272 g/mol. The van der Waals surface area contributed by atoms with Gasteiger partial charge in [0.15, 0.2) is 0 Å². The molecule has 108 valence electrons. The van der Waals surface area contributed by atoms with Gasteiger partial charge >= 0.3 is 0 Å². The van der Waals surface area contributed by atoms with Crippen LogP contribution in [-0.2, 0) is 11.3 Å². The summed E-state index contributed by atoms with van der Waals surface area (Å²) in [6, 6.07) is 2.64. The molecule has 1 N–H and O–H groups in total. The van der Waals surface area contributed by atoms with Crippen molar-refractivity contribution in [3.8, 4) is 0 Å². The Labute approximate surface area is 113 Å². The molecule has 0 amide bonds. The lowest BCUT2D eigenvalue weighted by Gasteiger charge is -2.27. The molecule has 0 fully saturated rings. The monoisotopic (exact) mass is 272 g/mol. The van der Waals surface area contributed by atoms with Gasteiger partial charge in [-0.2, -0.15) is 0 Å². The summed E-state index contributed by atoms with van der Waals surface area (Å²) in [5, 5.41) is 3.04. The fourth-order valence-electron chi connectivity index (χ4n) is 1.90. The molecule has 3 nitrogen and oxygen atoms in total. The Morgan fingerprint density at radius 3 is 2.37 bits per heavy atom. The van der Waals surface area contributed by atoms with Crippen LogP contribution in [0.3, 0.4) is 0 Å². The van der Waals surface area contributed by atoms with Gasteiger partial charge in [0.25, 0.3) is 0 Å². The van der Waals surface area contributed by atoms with Crippen molar-refractivity contribution >= 4 is 5.69 Å². The molecule has 5 heteroatoms. The molecule has 0 heterocycles. The molecule has 0 aliphatic rings. The fraction of sp³-hybridized carbons (Fsp3) is 0.571. The van der Waals surface area contributed by atoms with Crippen LogP contribution in [0, 0.1) is 11.6 Å². The Morgan fingerprint density at radius 2 is 1.89 bits per heavy atom. The minimum atomic E-state index is -0.543. The van der Waals surface area contributed by atoms with Gasteiger partial charge in [-0.3, -0.25) is 0 Å². The number of hydrogen-bond acceptors (Lipinski definition) is 3. The van der Waals surface area contributed by atoms with Crippen molar-refractivity contribution in [1.82, 2.24) is 5.32 Å². The van der Waals surface area contributed by atoms with Crippen LogP contribution in [0.4, 0.5) is 14.5 Å². The van der Waals surface area contributed by atoms with Crippen LogP contribution in [0.1, 0.15) is 19.4 Å². The standard InChI is InChI=1S/C14H22F2N2O/c1-5-17-8-11-6-12(15)14(13(16)7-11)18(3)10(2)9-19-4/h6-7,10,17H,5,8-9H2,1-4H3. The third-order valence-corrected chi connectivity index (χ3v) is 3.08. The van der Waals surface area contributed by atoms with Crippen molar-refractivity contribution in [2.75, 3.05) is 32.2 Å². The Morgan fingerprint density at radius 1 is 1.32 bits per heavy atom. The number of halogens is 2. The number of rotatable bonds is 7. The fourth-order valence-corrected chi connectivity index (χ4v) is 1.90. The first-order valence-electron chi connectivity index (χ1n) is 6.41. The van der Waals surface area contributed by atoms with Crippen molar-refractivity contribution in [1.29, 1.82) is 0 Å². The molecule has 19 heavy (non-hydrogen) atoms. The largest absolute Gasteiger partial charge is 0.383 e. The highest BCUT2D eigenvalue weighted by molar-refractivity contribution is 5.50. The maximum absolute atomic E-state index is 14.0. The van der Waals surface area contributed by atoms with Gasteiger partial charge in [0.05, 0.1) is 6.61 Å². The van der Waals surface area contributed by atoms with Crippen molar-refractivity contribution in [3.63, 3.8) is 0 Å². The molecule has 0 aliphatic carbocycles. The second kappa shape index (κ2) is 7.40. The molecule has 0 radical (unpaired) electrons. The number of hydrogen-bond donors (Lipinski definition) is 1. The minimum Gasteiger partial charge on any atom is -0.383 e. The highest BCUT2D eigenvalue weighted by Gasteiger charge is 2.19. The van der Waals surface area contributed by atoms with Crippen molar-refractivity contribution in [2.45, 2.75) is 26.4 Å². The van der Waals surface area contributed by atoms with Crippen LogP contribution in [0.2, 0.25) is 0 Å². The number of anilines is 1. The highest BCUT2D eigenvalue weighted by Crippen LogP contribution is 2.25. The molecule has 0 spiro atoms. The molecule has 1 unspecified atom stereocenters. The Kier molecular flexibility index (Phi) is 6.18. The van der Waals surface area contributed by atoms with Crippen LogP contribution < -0.4 is 10.2 Å². The highest BCUT2D eigenvalue weighted by atomic mass is 19.1. The van der Waals surface area contributed by atoms with E-state index in [4.69, 9.17) is 4.74 Å². The minimum absolute atomic E-state index is 0.00945. The number of benzene rings is 1. The van der Waals surface area contributed by atoms with Crippen LogP contribution in [0.15, 0.2) is 12.1 Å². The van der Waals surface area contributed by atoms with Gasteiger partial charge in [-0.1, -0.05) is 6.92 Å². The Hall–Kier alpha value is -1.20. The molecule has 0 saturated carbocycles. The second-order valence-corrected chi connectivity index (χ2v) is 4.60. The maximum Gasteiger partial charge on any atom is 0.149 e. The average Bonchev–Trinajstić information content (AvgIpc) is 2.35. The van der Waals surface area contributed by atoms with E-state index in [2.05, 4.69) is 5.32 Å². The molecule has 1 aromatic rings. The smallest absolute Gasteiger partial charge is 0.149 e. The van der Waals surface area contributed by atoms with E-state index in [1.165, 1.54) is 12.1 Å². The maximum atomic E-state index is 14.0. The lowest BCUT2D eigenvalue weighted by molar-refractivity contribution is 0.183. The number of nitrogens with zero attached hydrogens (tertiary/aromatic N) is 1. The lowest BCUT2D eigenvalue weighted by Crippen LogP contribution is -2.34. The number of likely N-dealkylation sites (N-methyl/N-ethyl adjacent to an activating group) is 1. The number of nitrogens with one attached hydrogen (secondary N) is 1. The quantitative estimate of drug-likeness (QED) is 0.825. The van der Waals surface area contributed by atoms with Crippen LogP contribution in [-0.4, -0.2) is 33.4 Å². The molecule has 0 aromatic heterocycles. The molecule has 0 aliphatic heterocycles. The summed E-state index contributed by atoms with van der Waals surface area (Å²) in [6.07, 6.45) is 0. The first-order chi connectivity index (χ1) is 9.01. The summed E-state index contributed by atoms with van der Waals surface area (Å²) in [4.78, 5) is 1.56. The molecule has 1 rings (SSSR count). The SMILES string of the molecule is CCNCc1cc(F)c(N(C)C(C)COC)c(F)c1. The Balaban J connectivity index is 2.95. The zero-order chi connectivity index (χ0) is 14.4. The summed E-state index contributed by atoms with van der Waals surface area (Å²) in [5.74, 6) is -1.09. The van der Waals surface area contributed by atoms with Crippen molar-refractivity contribution in [3.05, 3.63) is 29.3 Å². The predicted molar refractivity (Wildman–Crippen MR) is 73.5 cm³/mol. The molecule has 0 bridgehead atoms. The van der Waals surface area contributed by atoms with Gasteiger partial charge in [-0.15, -0.1) is 0 Å². The summed E-state index contributed by atoms with van der Waals surface area (Å²) >= 11 is 0. The summed E-state index contributed by atoms with van der Waals surface area (Å²) in [7, 11) is 3.23. The van der Waals surface area contributed by atoms with Gasteiger partial charge in [0, 0.05) is 26.7 Å². The van der Waals surface area contributed by atoms with E-state index in [-0.39, 0.29) is 11.7 Å². The van der Waals surface area contributed by atoms with Crippen molar-refractivity contribution in [2.24, 2.45) is 0 Å². The zero-order valence-corrected chi connectivity index (χ0v) is 12.0. The van der Waals surface area contributed by atoms with E-state index < -0.39 is 11.6 Å². The zero-order valence-electron chi connectivity index (χ0n) is 12.0. The summed E-state index contributed by atoms with van der Waals surface area (Å²) in [5.41, 5.74) is 0.596. The first kappa shape index (κ1) is 15.9. The van der Waals surface area contributed by atoms with E-state index in [1.807, 2.05) is 13.8 Å². The topological polar surface area (TPSA) is 24.5 Å². The molecular formula is C14H22F2N2O. The molecule has 0 saturated heterocycles. The van der Waals surface area contributed by atoms with Crippen LogP contribution in [0.25, 0.3) is 0 Å². The summed E-state index contributed by atoms with van der Waals surface area (Å²) in [6.45, 7) is 5.43. The Bertz CT molecular complexity index is 389. The molecule has 1 aromatic carbocycles. The van der Waals surface area contributed by atoms with Crippen molar-refractivity contribution < 1.29 is 13.5 Å². The number of ether oxygens (including phenoxy) is 1. The molecular weight excluding hydrogens is 250 g/mol. The van der Waals surface area contributed by atoms with E-state index in [9.17, 15) is 8.78 Å². The third kappa shape index (κ3) is 4.14. The van der Waals surface area contributed by atoms with Gasteiger partial charge in [0.1, 0.15) is 17.3 Å². The van der Waals surface area contributed by atoms with E-state index >= 15 is 0 Å². The van der Waals surface area contributed by atoms with Gasteiger partial charge in [-0.25, -0.2) is 8.78 Å². The van der Waals surface area contributed by atoms with Crippen LogP contribution >= 0.6 is 0 Å². The number of methoxy groups -OCH3 is 1. The third-order valence-electron chi connectivity index (χ3n) is 3.08. The van der Waals surface area contributed by atoms with E-state index in [0.717, 1.165) is 6.54 Å². The predicted octanol–water partition coefficient (Wildman–Crippen LogP) is 2.55. The van der Waals surface area contributed by atoms with E-state index in [1.54, 1.807) is 19.1 Å². The first-order valence-corrected chi connectivity index (χ1v) is 6.41. The van der Waals surface area contributed by atoms with Gasteiger partial charge in [0.2, 0.25) is 0 Å².